The summed E-state index contributed by atoms with van der Waals surface area (Å²) >= 11 is 0. The number of rotatable bonds is 4. The van der Waals surface area contributed by atoms with Crippen LogP contribution in [0.2, 0.25) is 0 Å². The van der Waals surface area contributed by atoms with Crippen molar-refractivity contribution < 1.29 is 0 Å². The Kier molecular flexibility index (Phi) is 4.43. The zero-order chi connectivity index (χ0) is 10.6. The molecule has 1 aliphatic carbocycles. The third kappa shape index (κ3) is 3.61. The zero-order valence-electron chi connectivity index (χ0n) is 10.4. The Morgan fingerprint density at radius 2 is 2.07 bits per heavy atom. The van der Waals surface area contributed by atoms with Crippen molar-refractivity contribution in [1.82, 2.24) is 5.32 Å². The summed E-state index contributed by atoms with van der Waals surface area (Å²) in [6, 6.07) is 0. The van der Waals surface area contributed by atoms with Crippen LogP contribution in [0.1, 0.15) is 53.4 Å². The van der Waals surface area contributed by atoms with Gasteiger partial charge in [0, 0.05) is 0 Å². The maximum atomic E-state index is 3.56. The number of nitrogens with one attached hydrogen (secondary N) is 1. The molecular weight excluding hydrogens is 170 g/mol. The SMILES string of the molecule is CCCNCC1CCC(C)(C)CC1C. The first-order valence-electron chi connectivity index (χ1n) is 6.26. The van der Waals surface area contributed by atoms with Gasteiger partial charge in [0.25, 0.3) is 0 Å². The molecule has 1 N–H and O–H groups in total. The Balaban J connectivity index is 2.27. The van der Waals surface area contributed by atoms with Gasteiger partial charge in [0.1, 0.15) is 0 Å². The van der Waals surface area contributed by atoms with E-state index in [9.17, 15) is 0 Å². The van der Waals surface area contributed by atoms with Gasteiger partial charge < -0.3 is 5.32 Å². The average molecular weight is 197 g/mol. The summed E-state index contributed by atoms with van der Waals surface area (Å²) < 4.78 is 0. The molecule has 1 saturated carbocycles. The molecule has 0 aromatic heterocycles. The molecule has 1 fully saturated rings. The lowest BCUT2D eigenvalue weighted by atomic mass is 9.68. The second-order valence-corrected chi connectivity index (χ2v) is 5.85. The predicted molar refractivity (Wildman–Crippen MR) is 63.4 cm³/mol. The second kappa shape index (κ2) is 5.16. The Hall–Kier alpha value is -0.0400. The summed E-state index contributed by atoms with van der Waals surface area (Å²) in [6.07, 6.45) is 5.50. The Morgan fingerprint density at radius 3 is 2.64 bits per heavy atom. The lowest BCUT2D eigenvalue weighted by Gasteiger charge is -2.39. The molecule has 1 nitrogen and oxygen atoms in total. The Bertz CT molecular complexity index is 163. The molecule has 0 saturated heterocycles. The molecule has 0 radical (unpaired) electrons. The Labute approximate surface area is 89.7 Å². The molecule has 1 heteroatoms. The van der Waals surface area contributed by atoms with E-state index in [1.807, 2.05) is 0 Å². The quantitative estimate of drug-likeness (QED) is 0.681. The lowest BCUT2D eigenvalue weighted by molar-refractivity contribution is 0.128. The van der Waals surface area contributed by atoms with Crippen molar-refractivity contribution in [3.8, 4) is 0 Å². The highest BCUT2D eigenvalue weighted by molar-refractivity contribution is 4.83. The van der Waals surface area contributed by atoms with E-state index in [4.69, 9.17) is 0 Å². The third-order valence-corrected chi connectivity index (χ3v) is 3.70. The van der Waals surface area contributed by atoms with Crippen LogP contribution < -0.4 is 5.32 Å². The standard InChI is InChI=1S/C13H27N/c1-5-8-14-10-12-6-7-13(3,4)9-11(12)2/h11-12,14H,5-10H2,1-4H3. The van der Waals surface area contributed by atoms with Crippen LogP contribution >= 0.6 is 0 Å². The Morgan fingerprint density at radius 1 is 1.36 bits per heavy atom. The molecule has 0 heterocycles. The van der Waals surface area contributed by atoms with Gasteiger partial charge in [-0.15, -0.1) is 0 Å². The fourth-order valence-corrected chi connectivity index (χ4v) is 2.77. The van der Waals surface area contributed by atoms with Crippen LogP contribution in [0.5, 0.6) is 0 Å². The summed E-state index contributed by atoms with van der Waals surface area (Å²) in [4.78, 5) is 0. The topological polar surface area (TPSA) is 12.0 Å². The molecule has 1 rings (SSSR count). The van der Waals surface area contributed by atoms with Crippen molar-refractivity contribution in [1.29, 1.82) is 0 Å². The van der Waals surface area contributed by atoms with Gasteiger partial charge in [-0.05, 0) is 56.0 Å². The molecular formula is C13H27N. The van der Waals surface area contributed by atoms with Crippen molar-refractivity contribution in [2.75, 3.05) is 13.1 Å². The van der Waals surface area contributed by atoms with Gasteiger partial charge in [0.15, 0.2) is 0 Å². The van der Waals surface area contributed by atoms with Gasteiger partial charge in [-0.2, -0.15) is 0 Å². The summed E-state index contributed by atoms with van der Waals surface area (Å²) in [5.74, 6) is 1.83. The smallest absolute Gasteiger partial charge is 0.00180 e. The van der Waals surface area contributed by atoms with Crippen molar-refractivity contribution >= 4 is 0 Å². The number of hydrogen-bond acceptors (Lipinski definition) is 1. The molecule has 0 amide bonds. The highest BCUT2D eigenvalue weighted by Crippen LogP contribution is 2.41. The van der Waals surface area contributed by atoms with E-state index in [1.54, 1.807) is 0 Å². The molecule has 84 valence electrons. The van der Waals surface area contributed by atoms with E-state index in [1.165, 1.54) is 38.8 Å². The first-order chi connectivity index (χ1) is 6.55. The van der Waals surface area contributed by atoms with E-state index in [0.29, 0.717) is 5.41 Å². The van der Waals surface area contributed by atoms with Gasteiger partial charge in [-0.25, -0.2) is 0 Å². The third-order valence-electron chi connectivity index (χ3n) is 3.70. The van der Waals surface area contributed by atoms with Crippen LogP contribution in [0.4, 0.5) is 0 Å². The van der Waals surface area contributed by atoms with E-state index < -0.39 is 0 Å². The van der Waals surface area contributed by atoms with Gasteiger partial charge in [-0.1, -0.05) is 27.7 Å². The fourth-order valence-electron chi connectivity index (χ4n) is 2.77. The molecule has 0 spiro atoms. The number of hydrogen-bond donors (Lipinski definition) is 1. The molecule has 2 unspecified atom stereocenters. The summed E-state index contributed by atoms with van der Waals surface area (Å²) in [6.45, 7) is 11.9. The van der Waals surface area contributed by atoms with Gasteiger partial charge >= 0.3 is 0 Å². The monoisotopic (exact) mass is 197 g/mol. The lowest BCUT2D eigenvalue weighted by Crippen LogP contribution is -2.34. The van der Waals surface area contributed by atoms with Crippen molar-refractivity contribution in [2.24, 2.45) is 17.3 Å². The maximum absolute atomic E-state index is 3.56. The predicted octanol–water partition coefficient (Wildman–Crippen LogP) is 3.45. The molecule has 2 atom stereocenters. The first-order valence-corrected chi connectivity index (χ1v) is 6.26. The van der Waals surface area contributed by atoms with Crippen LogP contribution in [0.25, 0.3) is 0 Å². The maximum Gasteiger partial charge on any atom is -0.00180 e. The van der Waals surface area contributed by atoms with Crippen molar-refractivity contribution in [3.05, 3.63) is 0 Å². The van der Waals surface area contributed by atoms with Crippen LogP contribution in [-0.2, 0) is 0 Å². The van der Waals surface area contributed by atoms with Crippen LogP contribution in [-0.4, -0.2) is 13.1 Å². The minimum absolute atomic E-state index is 0.598. The van der Waals surface area contributed by atoms with Gasteiger partial charge in [0.2, 0.25) is 0 Å². The highest BCUT2D eigenvalue weighted by atomic mass is 14.9. The van der Waals surface area contributed by atoms with Gasteiger partial charge in [-0.3, -0.25) is 0 Å². The summed E-state index contributed by atoms with van der Waals surface area (Å²) in [5.41, 5.74) is 0.598. The molecule has 0 bridgehead atoms. The molecule has 0 aromatic rings. The molecule has 0 aromatic carbocycles. The molecule has 0 aliphatic heterocycles. The fraction of sp³-hybridized carbons (Fsp3) is 1.00. The van der Waals surface area contributed by atoms with E-state index in [0.717, 1.165) is 11.8 Å². The average Bonchev–Trinajstić information content (AvgIpc) is 2.08. The normalized spacial score (nSPS) is 31.7. The second-order valence-electron chi connectivity index (χ2n) is 5.85. The zero-order valence-corrected chi connectivity index (χ0v) is 10.4. The van der Waals surface area contributed by atoms with E-state index in [-0.39, 0.29) is 0 Å². The van der Waals surface area contributed by atoms with Crippen molar-refractivity contribution in [3.63, 3.8) is 0 Å². The van der Waals surface area contributed by atoms with E-state index >= 15 is 0 Å². The summed E-state index contributed by atoms with van der Waals surface area (Å²) in [5, 5.41) is 3.56. The van der Waals surface area contributed by atoms with Crippen molar-refractivity contribution in [2.45, 2.75) is 53.4 Å². The minimum Gasteiger partial charge on any atom is -0.316 e. The highest BCUT2D eigenvalue weighted by Gasteiger charge is 2.31. The summed E-state index contributed by atoms with van der Waals surface area (Å²) in [7, 11) is 0. The van der Waals surface area contributed by atoms with Gasteiger partial charge in [0.05, 0.1) is 0 Å². The van der Waals surface area contributed by atoms with E-state index in [2.05, 4.69) is 33.0 Å². The minimum atomic E-state index is 0.598. The molecule has 14 heavy (non-hydrogen) atoms. The largest absolute Gasteiger partial charge is 0.316 e. The van der Waals surface area contributed by atoms with Crippen LogP contribution in [0, 0.1) is 17.3 Å². The molecule has 1 aliphatic rings. The first kappa shape index (κ1) is 12.0. The van der Waals surface area contributed by atoms with Crippen LogP contribution in [0.15, 0.2) is 0 Å². The van der Waals surface area contributed by atoms with Crippen LogP contribution in [0.3, 0.4) is 0 Å².